The number of nitrogen functional groups attached to an aromatic ring is 1. The number of nitrogens with two attached hydrogens (primary N) is 1. The number of morpholine rings is 1. The molecule has 4 heteroatoms. The molecule has 2 N–H and O–H groups in total. The molecule has 0 aliphatic carbocycles. The number of benzene rings is 1. The molecule has 17 heavy (non-hydrogen) atoms. The lowest BCUT2D eigenvalue weighted by atomic mass is 10.3. The molecule has 0 aromatic heterocycles. The maximum Gasteiger partial charge on any atom is 0.121 e. The summed E-state index contributed by atoms with van der Waals surface area (Å²) >= 11 is 0. The van der Waals surface area contributed by atoms with Crippen molar-refractivity contribution >= 4 is 5.69 Å². The molecule has 0 amide bonds. The smallest absolute Gasteiger partial charge is 0.121 e. The van der Waals surface area contributed by atoms with Crippen molar-refractivity contribution in [3.05, 3.63) is 24.3 Å². The molecule has 1 fully saturated rings. The average Bonchev–Trinajstić information content (AvgIpc) is 2.29. The van der Waals surface area contributed by atoms with Crippen LogP contribution in [0.3, 0.4) is 0 Å². The van der Waals surface area contributed by atoms with Gasteiger partial charge < -0.3 is 15.2 Å². The molecule has 1 aliphatic rings. The van der Waals surface area contributed by atoms with Crippen molar-refractivity contribution in [1.82, 2.24) is 4.90 Å². The van der Waals surface area contributed by atoms with E-state index in [1.54, 1.807) is 0 Å². The second kappa shape index (κ2) is 5.89. The summed E-state index contributed by atoms with van der Waals surface area (Å²) in [5.74, 6) is 0.839. The molecule has 94 valence electrons. The summed E-state index contributed by atoms with van der Waals surface area (Å²) in [6.07, 6.45) is 0.330. The van der Waals surface area contributed by atoms with Gasteiger partial charge in [0.25, 0.3) is 0 Å². The van der Waals surface area contributed by atoms with Crippen LogP contribution in [-0.4, -0.2) is 43.9 Å². The summed E-state index contributed by atoms with van der Waals surface area (Å²) < 4.78 is 11.2. The van der Waals surface area contributed by atoms with Gasteiger partial charge in [0.05, 0.1) is 12.7 Å². The molecule has 1 unspecified atom stereocenters. The minimum atomic E-state index is 0.330. The van der Waals surface area contributed by atoms with Gasteiger partial charge in [0.1, 0.15) is 12.4 Å². The van der Waals surface area contributed by atoms with E-state index in [-0.39, 0.29) is 0 Å². The van der Waals surface area contributed by atoms with Crippen molar-refractivity contribution in [2.24, 2.45) is 0 Å². The van der Waals surface area contributed by atoms with Crippen LogP contribution in [0, 0.1) is 0 Å². The van der Waals surface area contributed by atoms with Crippen molar-refractivity contribution in [3.8, 4) is 5.75 Å². The number of ether oxygens (including phenoxy) is 2. The summed E-state index contributed by atoms with van der Waals surface area (Å²) in [7, 11) is 0. The lowest BCUT2D eigenvalue weighted by Crippen LogP contribution is -2.42. The first kappa shape index (κ1) is 12.2. The predicted molar refractivity (Wildman–Crippen MR) is 68.2 cm³/mol. The molecular weight excluding hydrogens is 216 g/mol. The first-order valence-electron chi connectivity index (χ1n) is 6.06. The number of rotatable bonds is 4. The van der Waals surface area contributed by atoms with Crippen molar-refractivity contribution in [3.63, 3.8) is 0 Å². The summed E-state index contributed by atoms with van der Waals surface area (Å²) in [6, 6.07) is 7.54. The molecule has 1 aromatic rings. The highest BCUT2D eigenvalue weighted by Crippen LogP contribution is 2.14. The van der Waals surface area contributed by atoms with E-state index in [2.05, 4.69) is 11.8 Å². The molecule has 1 saturated heterocycles. The van der Waals surface area contributed by atoms with Crippen LogP contribution in [0.25, 0.3) is 0 Å². The molecular formula is C13H20N2O2. The van der Waals surface area contributed by atoms with E-state index in [9.17, 15) is 0 Å². The number of anilines is 1. The van der Waals surface area contributed by atoms with Crippen molar-refractivity contribution < 1.29 is 9.47 Å². The topological polar surface area (TPSA) is 47.7 Å². The fourth-order valence-corrected chi connectivity index (χ4v) is 1.99. The highest BCUT2D eigenvalue weighted by molar-refractivity contribution is 5.43. The first-order valence-corrected chi connectivity index (χ1v) is 6.06. The highest BCUT2D eigenvalue weighted by Gasteiger charge is 2.15. The van der Waals surface area contributed by atoms with Gasteiger partial charge in [-0.25, -0.2) is 0 Å². The Morgan fingerprint density at radius 2 is 2.41 bits per heavy atom. The van der Waals surface area contributed by atoms with Crippen LogP contribution in [-0.2, 0) is 4.74 Å². The lowest BCUT2D eigenvalue weighted by molar-refractivity contribution is -0.0214. The molecule has 4 nitrogen and oxygen atoms in total. The monoisotopic (exact) mass is 236 g/mol. The minimum absolute atomic E-state index is 0.330. The quantitative estimate of drug-likeness (QED) is 0.802. The molecule has 2 rings (SSSR count). The molecule has 0 bridgehead atoms. The van der Waals surface area contributed by atoms with Crippen molar-refractivity contribution in [2.75, 3.05) is 38.6 Å². The van der Waals surface area contributed by atoms with Crippen LogP contribution in [0.4, 0.5) is 5.69 Å². The summed E-state index contributed by atoms with van der Waals surface area (Å²) in [4.78, 5) is 2.36. The fraction of sp³-hybridized carbons (Fsp3) is 0.538. The molecule has 0 spiro atoms. The lowest BCUT2D eigenvalue weighted by Gasteiger charge is -2.30. The van der Waals surface area contributed by atoms with Gasteiger partial charge in [0.2, 0.25) is 0 Å². The highest BCUT2D eigenvalue weighted by atomic mass is 16.5. The van der Waals surface area contributed by atoms with Gasteiger partial charge >= 0.3 is 0 Å². The minimum Gasteiger partial charge on any atom is -0.492 e. The second-order valence-electron chi connectivity index (χ2n) is 4.40. The largest absolute Gasteiger partial charge is 0.492 e. The van der Waals surface area contributed by atoms with Gasteiger partial charge in [0.15, 0.2) is 0 Å². The average molecular weight is 236 g/mol. The Morgan fingerprint density at radius 1 is 1.53 bits per heavy atom. The second-order valence-corrected chi connectivity index (χ2v) is 4.40. The standard InChI is InChI=1S/C13H20N2O2/c1-11-10-15(5-7-16-11)6-8-17-13-4-2-3-12(14)9-13/h2-4,9,11H,5-8,10,14H2,1H3. The van der Waals surface area contributed by atoms with Crippen LogP contribution in [0.15, 0.2) is 24.3 Å². The Labute approximate surface area is 102 Å². The molecule has 0 radical (unpaired) electrons. The van der Waals surface area contributed by atoms with E-state index in [0.29, 0.717) is 12.7 Å². The SMILES string of the molecule is CC1CN(CCOc2cccc(N)c2)CCO1. The van der Waals surface area contributed by atoms with Crippen LogP contribution < -0.4 is 10.5 Å². The summed E-state index contributed by atoms with van der Waals surface area (Å²) in [5, 5.41) is 0. The van der Waals surface area contributed by atoms with Gasteiger partial charge in [-0.05, 0) is 19.1 Å². The van der Waals surface area contributed by atoms with Crippen LogP contribution in [0.1, 0.15) is 6.92 Å². The van der Waals surface area contributed by atoms with Gasteiger partial charge in [-0.3, -0.25) is 4.90 Å². The van der Waals surface area contributed by atoms with Crippen molar-refractivity contribution in [1.29, 1.82) is 0 Å². The van der Waals surface area contributed by atoms with Crippen LogP contribution >= 0.6 is 0 Å². The summed E-state index contributed by atoms with van der Waals surface area (Å²) in [6.45, 7) is 6.52. The van der Waals surface area contributed by atoms with E-state index in [0.717, 1.165) is 37.7 Å². The first-order chi connectivity index (χ1) is 8.24. The Balaban J connectivity index is 1.72. The third-order valence-corrected chi connectivity index (χ3v) is 2.86. The number of nitrogens with zero attached hydrogens (tertiary/aromatic N) is 1. The Bertz CT molecular complexity index is 357. The number of hydrogen-bond donors (Lipinski definition) is 1. The maximum atomic E-state index is 5.68. The molecule has 1 aromatic carbocycles. The van der Waals surface area contributed by atoms with Gasteiger partial charge in [-0.2, -0.15) is 0 Å². The van der Waals surface area contributed by atoms with E-state index >= 15 is 0 Å². The van der Waals surface area contributed by atoms with Crippen LogP contribution in [0.5, 0.6) is 5.75 Å². The molecule has 1 aliphatic heterocycles. The fourth-order valence-electron chi connectivity index (χ4n) is 1.99. The third-order valence-electron chi connectivity index (χ3n) is 2.86. The number of hydrogen-bond acceptors (Lipinski definition) is 4. The normalized spacial score (nSPS) is 21.4. The molecule has 1 atom stereocenters. The van der Waals surface area contributed by atoms with E-state index in [4.69, 9.17) is 15.2 Å². The van der Waals surface area contributed by atoms with Gasteiger partial charge in [0, 0.05) is 31.4 Å². The predicted octanol–water partition coefficient (Wildman–Crippen LogP) is 1.37. The zero-order valence-corrected chi connectivity index (χ0v) is 10.3. The van der Waals surface area contributed by atoms with Gasteiger partial charge in [-0.15, -0.1) is 0 Å². The van der Waals surface area contributed by atoms with Crippen molar-refractivity contribution in [2.45, 2.75) is 13.0 Å². The van der Waals surface area contributed by atoms with E-state index in [1.165, 1.54) is 0 Å². The Kier molecular flexibility index (Phi) is 4.23. The van der Waals surface area contributed by atoms with Crippen LogP contribution in [0.2, 0.25) is 0 Å². The van der Waals surface area contributed by atoms with E-state index < -0.39 is 0 Å². The molecule has 1 heterocycles. The van der Waals surface area contributed by atoms with E-state index in [1.807, 2.05) is 24.3 Å². The Morgan fingerprint density at radius 3 is 3.18 bits per heavy atom. The van der Waals surface area contributed by atoms with Gasteiger partial charge in [-0.1, -0.05) is 6.07 Å². The zero-order chi connectivity index (χ0) is 12.1. The summed E-state index contributed by atoms with van der Waals surface area (Å²) in [5.41, 5.74) is 6.42. The molecule has 0 saturated carbocycles. The maximum absolute atomic E-state index is 5.68. The third kappa shape index (κ3) is 3.91. The Hall–Kier alpha value is -1.26. The zero-order valence-electron chi connectivity index (χ0n) is 10.3.